The molecule has 240 valence electrons. The van der Waals surface area contributed by atoms with E-state index in [1.165, 1.54) is 4.90 Å². The van der Waals surface area contributed by atoms with Crippen LogP contribution < -0.4 is 10.6 Å². The van der Waals surface area contributed by atoms with Crippen LogP contribution in [0.1, 0.15) is 77.6 Å². The summed E-state index contributed by atoms with van der Waals surface area (Å²) in [4.78, 5) is 55.8. The molecular formula is C34H47N3O7. The van der Waals surface area contributed by atoms with Crippen molar-refractivity contribution < 1.29 is 33.8 Å². The molecule has 0 saturated heterocycles. The number of esters is 1. The number of rotatable bonds is 11. The Kier molecular flexibility index (Phi) is 11.2. The molecule has 0 bridgehead atoms. The van der Waals surface area contributed by atoms with Crippen LogP contribution >= 0.6 is 0 Å². The van der Waals surface area contributed by atoms with Crippen molar-refractivity contribution in [2.24, 2.45) is 5.92 Å². The number of nitrogens with one attached hydrogen (secondary N) is 2. The third-order valence-electron chi connectivity index (χ3n) is 7.06. The average molecular weight is 610 g/mol. The van der Waals surface area contributed by atoms with Gasteiger partial charge in [-0.05, 0) is 71.9 Å². The van der Waals surface area contributed by atoms with Crippen molar-refractivity contribution >= 4 is 23.9 Å². The SMILES string of the molecule is Cc1ccc(C(C(=O)NC(Cc2ccccc2)C(=O)OC(C)(C)C)N(C(=O)C(CO)NC(=O)OC(C)(C)C)C2CC2C)cc1. The zero-order valence-electron chi connectivity index (χ0n) is 27.0. The van der Waals surface area contributed by atoms with E-state index >= 15 is 0 Å². The van der Waals surface area contributed by atoms with Crippen molar-refractivity contribution in [3.63, 3.8) is 0 Å². The fourth-order valence-electron chi connectivity index (χ4n) is 4.84. The van der Waals surface area contributed by atoms with E-state index in [9.17, 15) is 24.3 Å². The summed E-state index contributed by atoms with van der Waals surface area (Å²) in [7, 11) is 0. The lowest BCUT2D eigenvalue weighted by Crippen LogP contribution is -2.56. The second-order valence-corrected chi connectivity index (χ2v) is 13.5. The van der Waals surface area contributed by atoms with Crippen LogP contribution in [0.4, 0.5) is 4.79 Å². The molecule has 5 atom stereocenters. The second-order valence-electron chi connectivity index (χ2n) is 13.5. The van der Waals surface area contributed by atoms with Gasteiger partial charge in [0.05, 0.1) is 6.61 Å². The highest BCUT2D eigenvalue weighted by atomic mass is 16.6. The normalized spacial score (nSPS) is 18.3. The molecule has 44 heavy (non-hydrogen) atoms. The fourth-order valence-corrected chi connectivity index (χ4v) is 4.84. The first kappa shape index (κ1) is 34.6. The second kappa shape index (κ2) is 14.2. The van der Waals surface area contributed by atoms with Gasteiger partial charge in [0.2, 0.25) is 11.8 Å². The van der Waals surface area contributed by atoms with Gasteiger partial charge in [-0.15, -0.1) is 0 Å². The number of hydrogen-bond donors (Lipinski definition) is 3. The van der Waals surface area contributed by atoms with Gasteiger partial charge >= 0.3 is 12.1 Å². The third kappa shape index (κ3) is 10.1. The van der Waals surface area contributed by atoms with Gasteiger partial charge in [-0.3, -0.25) is 9.59 Å². The Balaban J connectivity index is 2.01. The molecule has 1 saturated carbocycles. The van der Waals surface area contributed by atoms with E-state index in [0.717, 1.165) is 11.1 Å². The van der Waals surface area contributed by atoms with Crippen LogP contribution in [0, 0.1) is 12.8 Å². The Morgan fingerprint density at radius 1 is 0.886 bits per heavy atom. The van der Waals surface area contributed by atoms with Crippen molar-refractivity contribution in [3.05, 3.63) is 71.3 Å². The Morgan fingerprint density at radius 3 is 1.95 bits per heavy atom. The summed E-state index contributed by atoms with van der Waals surface area (Å²) in [6.45, 7) is 13.5. The number of carbonyl (C=O) groups is 4. The summed E-state index contributed by atoms with van der Waals surface area (Å²) in [5.74, 6) is -1.74. The summed E-state index contributed by atoms with van der Waals surface area (Å²) in [5, 5.41) is 15.5. The van der Waals surface area contributed by atoms with Crippen molar-refractivity contribution in [1.82, 2.24) is 15.5 Å². The van der Waals surface area contributed by atoms with Crippen molar-refractivity contribution in [3.8, 4) is 0 Å². The fraction of sp³-hybridized carbons (Fsp3) is 0.529. The highest BCUT2D eigenvalue weighted by molar-refractivity contribution is 5.94. The van der Waals surface area contributed by atoms with Gasteiger partial charge in [0.15, 0.2) is 0 Å². The van der Waals surface area contributed by atoms with Gasteiger partial charge in [0.25, 0.3) is 0 Å². The zero-order chi connectivity index (χ0) is 32.8. The Hall–Kier alpha value is -3.92. The summed E-state index contributed by atoms with van der Waals surface area (Å²) >= 11 is 0. The predicted molar refractivity (Wildman–Crippen MR) is 167 cm³/mol. The van der Waals surface area contributed by atoms with E-state index < -0.39 is 59.8 Å². The van der Waals surface area contributed by atoms with Crippen LogP contribution in [-0.2, 0) is 30.3 Å². The molecule has 2 aromatic carbocycles. The maximum Gasteiger partial charge on any atom is 0.408 e. The number of nitrogens with zero attached hydrogens (tertiary/aromatic N) is 1. The summed E-state index contributed by atoms with van der Waals surface area (Å²) < 4.78 is 11.0. The molecule has 10 nitrogen and oxygen atoms in total. The highest BCUT2D eigenvalue weighted by Crippen LogP contribution is 2.41. The van der Waals surface area contributed by atoms with Gasteiger partial charge in [-0.2, -0.15) is 0 Å². The minimum absolute atomic E-state index is 0.0755. The van der Waals surface area contributed by atoms with Crippen LogP contribution in [0.5, 0.6) is 0 Å². The monoisotopic (exact) mass is 609 g/mol. The largest absolute Gasteiger partial charge is 0.458 e. The topological polar surface area (TPSA) is 134 Å². The molecule has 5 unspecified atom stereocenters. The van der Waals surface area contributed by atoms with E-state index in [0.29, 0.717) is 12.0 Å². The summed E-state index contributed by atoms with van der Waals surface area (Å²) in [5.41, 5.74) is 0.692. The Morgan fingerprint density at radius 2 is 1.45 bits per heavy atom. The lowest BCUT2D eigenvalue weighted by Gasteiger charge is -2.35. The lowest BCUT2D eigenvalue weighted by atomic mass is 9.99. The summed E-state index contributed by atoms with van der Waals surface area (Å²) in [6.07, 6.45) is -0.0567. The molecule has 0 heterocycles. The first-order valence-corrected chi connectivity index (χ1v) is 15.1. The number of hydrogen-bond acceptors (Lipinski definition) is 7. The number of ether oxygens (including phenoxy) is 2. The number of aliphatic hydroxyl groups is 1. The van der Waals surface area contributed by atoms with E-state index in [2.05, 4.69) is 10.6 Å². The number of carbonyl (C=O) groups excluding carboxylic acids is 4. The van der Waals surface area contributed by atoms with Crippen LogP contribution in [-0.4, -0.2) is 69.8 Å². The van der Waals surface area contributed by atoms with Crippen molar-refractivity contribution in [2.75, 3.05) is 6.61 Å². The minimum atomic E-state index is -1.36. The van der Waals surface area contributed by atoms with Gasteiger partial charge in [-0.1, -0.05) is 67.1 Å². The molecule has 2 aromatic rings. The van der Waals surface area contributed by atoms with E-state index in [4.69, 9.17) is 9.47 Å². The van der Waals surface area contributed by atoms with Crippen molar-refractivity contribution in [2.45, 2.75) is 104 Å². The molecule has 1 aliphatic carbocycles. The van der Waals surface area contributed by atoms with Crippen molar-refractivity contribution in [1.29, 1.82) is 0 Å². The first-order chi connectivity index (χ1) is 20.5. The number of alkyl carbamates (subject to hydrolysis) is 1. The highest BCUT2D eigenvalue weighted by Gasteiger charge is 2.48. The standard InChI is InChI=1S/C34H47N3O7/c1-21-14-16-24(17-15-21)28(29(39)35-25(31(41)43-33(3,4)5)19-23-12-10-9-11-13-23)37(27-18-22(27)2)30(40)26(20-38)36-32(42)44-34(6,7)8/h9-17,22,25-28,38H,18-20H2,1-8H3,(H,35,39)(H,36,42). The Bertz CT molecular complexity index is 1300. The molecule has 0 spiro atoms. The van der Waals surface area contributed by atoms with Gasteiger partial charge in [0.1, 0.15) is 29.3 Å². The molecule has 1 fully saturated rings. The number of aliphatic hydroxyl groups excluding tert-OH is 1. The van der Waals surface area contributed by atoms with Crippen LogP contribution in [0.3, 0.4) is 0 Å². The number of benzene rings is 2. The average Bonchev–Trinajstić information content (AvgIpc) is 3.64. The van der Waals surface area contributed by atoms with Gasteiger partial charge < -0.3 is 30.1 Å². The molecule has 1 aliphatic rings. The molecular weight excluding hydrogens is 562 g/mol. The van der Waals surface area contributed by atoms with Gasteiger partial charge in [0, 0.05) is 12.5 Å². The summed E-state index contributed by atoms with van der Waals surface area (Å²) in [6, 6.07) is 12.6. The quantitative estimate of drug-likeness (QED) is 0.325. The van der Waals surface area contributed by atoms with Gasteiger partial charge in [-0.25, -0.2) is 9.59 Å². The van der Waals surface area contributed by atoms with Crippen LogP contribution in [0.2, 0.25) is 0 Å². The number of aryl methyl sites for hydroxylation is 1. The van der Waals surface area contributed by atoms with Crippen LogP contribution in [0.25, 0.3) is 0 Å². The Labute approximate surface area is 260 Å². The lowest BCUT2D eigenvalue weighted by molar-refractivity contribution is -0.159. The molecule has 3 rings (SSSR count). The smallest absolute Gasteiger partial charge is 0.408 e. The first-order valence-electron chi connectivity index (χ1n) is 15.1. The minimum Gasteiger partial charge on any atom is -0.458 e. The predicted octanol–water partition coefficient (Wildman–Crippen LogP) is 4.23. The zero-order valence-corrected chi connectivity index (χ0v) is 27.0. The van der Waals surface area contributed by atoms with E-state index in [1.807, 2.05) is 56.3 Å². The van der Waals surface area contributed by atoms with E-state index in [1.54, 1.807) is 53.7 Å². The number of amides is 3. The maximum atomic E-state index is 14.3. The maximum absolute atomic E-state index is 14.3. The molecule has 3 amide bonds. The molecule has 0 aromatic heterocycles. The van der Waals surface area contributed by atoms with Crippen LogP contribution in [0.15, 0.2) is 54.6 Å². The van der Waals surface area contributed by atoms with E-state index in [-0.39, 0.29) is 18.4 Å². The molecule has 10 heteroatoms. The molecule has 0 aliphatic heterocycles. The molecule has 0 radical (unpaired) electrons. The molecule has 3 N–H and O–H groups in total. The third-order valence-corrected chi connectivity index (χ3v) is 7.06.